The van der Waals surface area contributed by atoms with Gasteiger partial charge in [-0.2, -0.15) is 0 Å². The summed E-state index contributed by atoms with van der Waals surface area (Å²) in [6.45, 7) is 0.548. The zero-order valence-corrected chi connectivity index (χ0v) is 11.0. The van der Waals surface area contributed by atoms with Gasteiger partial charge in [-0.25, -0.2) is 0 Å². The van der Waals surface area contributed by atoms with Crippen LogP contribution in [0.4, 0.5) is 0 Å². The maximum absolute atomic E-state index is 5.76. The summed E-state index contributed by atoms with van der Waals surface area (Å²) in [6, 6.07) is 14.2. The van der Waals surface area contributed by atoms with Crippen LogP contribution in [0.3, 0.4) is 0 Å². The van der Waals surface area contributed by atoms with Crippen molar-refractivity contribution in [2.45, 2.75) is 6.54 Å². The number of benzene rings is 2. The van der Waals surface area contributed by atoms with Crippen molar-refractivity contribution in [3.63, 3.8) is 0 Å². The van der Waals surface area contributed by atoms with Gasteiger partial charge in [0.15, 0.2) is 0 Å². The molecule has 0 saturated carbocycles. The molecule has 2 aromatic rings. The fraction of sp³-hybridized carbons (Fsp3) is 0.143. The van der Waals surface area contributed by atoms with Gasteiger partial charge in [-0.15, -0.1) is 9.24 Å². The lowest BCUT2D eigenvalue weighted by Gasteiger charge is -2.11. The normalized spacial score (nSPS) is 10.3. The number of hydrogen-bond donors (Lipinski definition) is 1. The van der Waals surface area contributed by atoms with E-state index in [-0.39, 0.29) is 0 Å². The molecule has 1 atom stereocenters. The second-order valence-electron chi connectivity index (χ2n) is 3.81. The summed E-state index contributed by atoms with van der Waals surface area (Å²) in [7, 11) is 4.42. The number of ether oxygens (including phenoxy) is 1. The average Bonchev–Trinajstić information content (AvgIpc) is 2.38. The molecule has 2 aromatic carbocycles. The maximum atomic E-state index is 5.76. The van der Waals surface area contributed by atoms with E-state index < -0.39 is 0 Å². The first-order valence-electron chi connectivity index (χ1n) is 5.48. The Hall–Kier alpha value is -1.37. The standard InChI is InChI=1S/C14H16NOP/c1-16-11-6-7-13(14(17)8-11)12-5-3-2-4-10(12)9-15/h2-8H,9,15,17H2,1H3. The molecule has 0 bridgehead atoms. The van der Waals surface area contributed by atoms with E-state index in [1.165, 1.54) is 11.1 Å². The molecule has 88 valence electrons. The second-order valence-corrected chi connectivity index (χ2v) is 4.44. The zero-order chi connectivity index (χ0) is 12.3. The van der Waals surface area contributed by atoms with Crippen molar-refractivity contribution in [1.29, 1.82) is 0 Å². The molecular weight excluding hydrogens is 229 g/mol. The van der Waals surface area contributed by atoms with Crippen LogP contribution in [0.1, 0.15) is 5.56 Å². The molecule has 0 radical (unpaired) electrons. The van der Waals surface area contributed by atoms with Crippen LogP contribution in [-0.4, -0.2) is 7.11 Å². The fourth-order valence-corrected chi connectivity index (χ4v) is 2.29. The van der Waals surface area contributed by atoms with Crippen LogP contribution >= 0.6 is 9.24 Å². The molecule has 3 heteroatoms. The van der Waals surface area contributed by atoms with Crippen LogP contribution < -0.4 is 15.8 Å². The predicted molar refractivity (Wildman–Crippen MR) is 75.7 cm³/mol. The van der Waals surface area contributed by atoms with E-state index in [1.54, 1.807) is 7.11 Å². The Morgan fingerprint density at radius 3 is 2.53 bits per heavy atom. The highest BCUT2D eigenvalue weighted by atomic mass is 31.0. The summed E-state index contributed by atoms with van der Waals surface area (Å²) in [6.07, 6.45) is 0. The molecule has 0 aliphatic heterocycles. The molecule has 0 amide bonds. The van der Waals surface area contributed by atoms with Crippen molar-refractivity contribution in [2.75, 3.05) is 7.11 Å². The van der Waals surface area contributed by atoms with Crippen molar-refractivity contribution < 1.29 is 4.74 Å². The topological polar surface area (TPSA) is 35.2 Å². The Bertz CT molecular complexity index is 525. The number of rotatable bonds is 3. The third-order valence-electron chi connectivity index (χ3n) is 2.79. The minimum absolute atomic E-state index is 0.548. The highest BCUT2D eigenvalue weighted by Crippen LogP contribution is 2.25. The van der Waals surface area contributed by atoms with Crippen molar-refractivity contribution >= 4 is 14.5 Å². The predicted octanol–water partition coefficient (Wildman–Crippen LogP) is 2.32. The first-order chi connectivity index (χ1) is 8.26. The lowest BCUT2D eigenvalue weighted by Crippen LogP contribution is -2.03. The maximum Gasteiger partial charge on any atom is 0.119 e. The molecule has 0 fully saturated rings. The Kier molecular flexibility index (Phi) is 3.78. The summed E-state index contributed by atoms with van der Waals surface area (Å²) in [5.74, 6) is 0.865. The summed E-state index contributed by atoms with van der Waals surface area (Å²) < 4.78 is 5.20. The lowest BCUT2D eigenvalue weighted by molar-refractivity contribution is 0.415. The van der Waals surface area contributed by atoms with Crippen molar-refractivity contribution in [3.8, 4) is 16.9 Å². The monoisotopic (exact) mass is 245 g/mol. The van der Waals surface area contributed by atoms with Crippen molar-refractivity contribution in [2.24, 2.45) is 5.73 Å². The molecule has 0 spiro atoms. The highest BCUT2D eigenvalue weighted by Gasteiger charge is 2.06. The Morgan fingerprint density at radius 1 is 1.12 bits per heavy atom. The molecule has 0 aliphatic carbocycles. The molecule has 0 saturated heterocycles. The van der Waals surface area contributed by atoms with Crippen LogP contribution in [0.5, 0.6) is 5.75 Å². The van der Waals surface area contributed by atoms with Gasteiger partial charge in [0.05, 0.1) is 7.11 Å². The van der Waals surface area contributed by atoms with Gasteiger partial charge < -0.3 is 10.5 Å². The van der Waals surface area contributed by atoms with Crippen LogP contribution in [0.15, 0.2) is 42.5 Å². The van der Waals surface area contributed by atoms with E-state index in [1.807, 2.05) is 24.3 Å². The van der Waals surface area contributed by atoms with E-state index >= 15 is 0 Å². The summed E-state index contributed by atoms with van der Waals surface area (Å²) in [5, 5.41) is 1.12. The first-order valence-corrected chi connectivity index (χ1v) is 6.06. The van der Waals surface area contributed by atoms with Gasteiger partial charge >= 0.3 is 0 Å². The van der Waals surface area contributed by atoms with Crippen LogP contribution in [0.2, 0.25) is 0 Å². The number of hydrogen-bond acceptors (Lipinski definition) is 2. The van der Waals surface area contributed by atoms with Gasteiger partial charge in [-0.3, -0.25) is 0 Å². The van der Waals surface area contributed by atoms with Gasteiger partial charge in [0.2, 0.25) is 0 Å². The Labute approximate surface area is 104 Å². The van der Waals surface area contributed by atoms with Gasteiger partial charge in [0, 0.05) is 6.54 Å². The Balaban J connectivity index is 2.53. The average molecular weight is 245 g/mol. The first kappa shape index (κ1) is 12.1. The minimum Gasteiger partial charge on any atom is -0.497 e. The van der Waals surface area contributed by atoms with Gasteiger partial charge in [0.1, 0.15) is 5.75 Å². The van der Waals surface area contributed by atoms with Crippen molar-refractivity contribution in [3.05, 3.63) is 48.0 Å². The lowest BCUT2D eigenvalue weighted by atomic mass is 9.99. The molecule has 0 heterocycles. The number of nitrogens with two attached hydrogens (primary N) is 1. The summed E-state index contributed by atoms with van der Waals surface area (Å²) >= 11 is 0. The second kappa shape index (κ2) is 5.31. The van der Waals surface area contributed by atoms with Gasteiger partial charge in [-0.1, -0.05) is 30.3 Å². The zero-order valence-electron chi connectivity index (χ0n) is 9.81. The SMILES string of the molecule is COc1ccc(-c2ccccc2CN)c(P)c1. The van der Waals surface area contributed by atoms with E-state index in [4.69, 9.17) is 10.5 Å². The minimum atomic E-state index is 0.548. The van der Waals surface area contributed by atoms with Gasteiger partial charge in [-0.05, 0) is 34.1 Å². The van der Waals surface area contributed by atoms with Crippen molar-refractivity contribution in [1.82, 2.24) is 0 Å². The number of methoxy groups -OCH3 is 1. The van der Waals surface area contributed by atoms with Crippen LogP contribution in [0.25, 0.3) is 11.1 Å². The van der Waals surface area contributed by atoms with Gasteiger partial charge in [0.25, 0.3) is 0 Å². The smallest absolute Gasteiger partial charge is 0.119 e. The van der Waals surface area contributed by atoms with E-state index in [2.05, 4.69) is 27.4 Å². The summed E-state index contributed by atoms with van der Waals surface area (Å²) in [5.41, 5.74) is 9.28. The van der Waals surface area contributed by atoms with E-state index in [0.29, 0.717) is 6.54 Å². The highest BCUT2D eigenvalue weighted by molar-refractivity contribution is 7.28. The molecule has 17 heavy (non-hydrogen) atoms. The Morgan fingerprint density at radius 2 is 1.88 bits per heavy atom. The summed E-state index contributed by atoms with van der Waals surface area (Å²) in [4.78, 5) is 0. The molecule has 2 rings (SSSR count). The van der Waals surface area contributed by atoms with E-state index in [9.17, 15) is 0 Å². The third-order valence-corrected chi connectivity index (χ3v) is 3.26. The molecule has 0 aliphatic rings. The molecule has 2 nitrogen and oxygen atoms in total. The molecule has 1 unspecified atom stereocenters. The van der Waals surface area contributed by atoms with E-state index in [0.717, 1.165) is 16.6 Å². The molecule has 2 N–H and O–H groups in total. The largest absolute Gasteiger partial charge is 0.497 e. The quantitative estimate of drug-likeness (QED) is 0.842. The molecule has 0 aromatic heterocycles. The molecular formula is C14H16NOP. The van der Waals surface area contributed by atoms with Crippen LogP contribution in [0, 0.1) is 0 Å². The van der Waals surface area contributed by atoms with Crippen LogP contribution in [-0.2, 0) is 6.54 Å². The third kappa shape index (κ3) is 2.49. The fourth-order valence-electron chi connectivity index (χ4n) is 1.87.